The van der Waals surface area contributed by atoms with E-state index in [1.54, 1.807) is 13.8 Å². The molecule has 0 bridgehead atoms. The molecule has 0 aliphatic carbocycles. The van der Waals surface area contributed by atoms with Crippen LogP contribution in [0.3, 0.4) is 0 Å². The number of nitrogens with zero attached hydrogens (tertiary/aromatic N) is 1. The molecule has 1 aromatic heterocycles. The Morgan fingerprint density at radius 3 is 2.33 bits per heavy atom. The predicted octanol–water partition coefficient (Wildman–Crippen LogP) is 2.26. The fourth-order valence-corrected chi connectivity index (χ4v) is 2.47. The summed E-state index contributed by atoms with van der Waals surface area (Å²) in [6, 6.07) is 0. The molecule has 0 saturated heterocycles. The van der Waals surface area contributed by atoms with Gasteiger partial charge in [0.05, 0.1) is 18.9 Å². The first-order valence-electron chi connectivity index (χ1n) is 7.25. The maximum absolute atomic E-state index is 12.3. The topological polar surface area (TPSA) is 104 Å². The summed E-state index contributed by atoms with van der Waals surface area (Å²) >= 11 is 1.04. The number of amides is 1. The van der Waals surface area contributed by atoms with Crippen LogP contribution in [-0.4, -0.2) is 42.8 Å². The Bertz CT molecular complexity index is 595. The minimum Gasteiger partial charge on any atom is -0.465 e. The average Bonchev–Trinajstić information content (AvgIpc) is 3.01. The third kappa shape index (κ3) is 4.54. The number of nitrogens with one attached hydrogen (secondary N) is 1. The zero-order chi connectivity index (χ0) is 18.2. The van der Waals surface area contributed by atoms with E-state index in [1.165, 1.54) is 18.4 Å². The molecule has 0 radical (unpaired) electrons. The summed E-state index contributed by atoms with van der Waals surface area (Å²) in [5, 5.41) is 4.07. The third-order valence-electron chi connectivity index (χ3n) is 2.93. The molecule has 0 saturated carbocycles. The van der Waals surface area contributed by atoms with Gasteiger partial charge in [0.1, 0.15) is 6.61 Å². The van der Waals surface area contributed by atoms with Gasteiger partial charge in [0.15, 0.2) is 5.13 Å². The van der Waals surface area contributed by atoms with E-state index in [9.17, 15) is 14.4 Å². The highest BCUT2D eigenvalue weighted by Crippen LogP contribution is 2.30. The third-order valence-corrected chi connectivity index (χ3v) is 3.68. The van der Waals surface area contributed by atoms with E-state index in [0.29, 0.717) is 0 Å². The number of carbonyl (C=O) groups is 3. The van der Waals surface area contributed by atoms with Crippen molar-refractivity contribution < 1.29 is 28.6 Å². The van der Waals surface area contributed by atoms with Gasteiger partial charge in [-0.25, -0.2) is 9.78 Å². The fraction of sp³-hybridized carbons (Fsp3) is 0.467. The average molecular weight is 356 g/mol. The Balaban J connectivity index is 3.03. The van der Waals surface area contributed by atoms with Gasteiger partial charge in [-0.3, -0.25) is 14.9 Å². The number of hydrogen-bond acceptors (Lipinski definition) is 8. The van der Waals surface area contributed by atoms with Crippen LogP contribution >= 0.6 is 11.3 Å². The lowest BCUT2D eigenvalue weighted by Crippen LogP contribution is -2.44. The highest BCUT2D eigenvalue weighted by molar-refractivity contribution is 7.14. The van der Waals surface area contributed by atoms with Gasteiger partial charge in [-0.05, 0) is 20.8 Å². The summed E-state index contributed by atoms with van der Waals surface area (Å²) in [5.74, 6) is -1.54. The van der Waals surface area contributed by atoms with Gasteiger partial charge in [0, 0.05) is 5.38 Å². The number of esters is 2. The maximum Gasteiger partial charge on any atom is 0.413 e. The molecule has 132 valence electrons. The first-order valence-corrected chi connectivity index (χ1v) is 8.13. The monoisotopic (exact) mass is 356 g/mol. The summed E-state index contributed by atoms with van der Waals surface area (Å²) in [7, 11) is 0. The van der Waals surface area contributed by atoms with Crippen molar-refractivity contribution in [1.82, 2.24) is 4.98 Å². The highest BCUT2D eigenvalue weighted by atomic mass is 32.1. The van der Waals surface area contributed by atoms with E-state index < -0.39 is 23.4 Å². The molecule has 0 spiro atoms. The van der Waals surface area contributed by atoms with Crippen molar-refractivity contribution in [3.63, 3.8) is 0 Å². The molecule has 9 heteroatoms. The number of rotatable bonds is 8. The normalized spacial score (nSPS) is 10.6. The van der Waals surface area contributed by atoms with Gasteiger partial charge >= 0.3 is 18.0 Å². The number of thiazole rings is 1. The van der Waals surface area contributed by atoms with Crippen LogP contribution in [0, 0.1) is 0 Å². The van der Waals surface area contributed by atoms with Gasteiger partial charge in [0.25, 0.3) is 0 Å². The quantitative estimate of drug-likeness (QED) is 0.330. The van der Waals surface area contributed by atoms with Crippen molar-refractivity contribution in [3.05, 3.63) is 23.7 Å². The van der Waals surface area contributed by atoms with E-state index in [0.717, 1.165) is 11.3 Å². The minimum atomic E-state index is -1.71. The van der Waals surface area contributed by atoms with Crippen molar-refractivity contribution in [3.8, 4) is 0 Å². The lowest BCUT2D eigenvalue weighted by molar-refractivity contribution is -0.164. The zero-order valence-corrected chi connectivity index (χ0v) is 14.6. The van der Waals surface area contributed by atoms with Crippen molar-refractivity contribution in [2.24, 2.45) is 0 Å². The van der Waals surface area contributed by atoms with Crippen LogP contribution in [0.25, 0.3) is 0 Å². The Morgan fingerprint density at radius 2 is 1.83 bits per heavy atom. The van der Waals surface area contributed by atoms with Crippen molar-refractivity contribution in [1.29, 1.82) is 0 Å². The molecule has 1 amide bonds. The molecule has 0 unspecified atom stereocenters. The van der Waals surface area contributed by atoms with E-state index in [4.69, 9.17) is 14.2 Å². The lowest BCUT2D eigenvalue weighted by atomic mass is 9.87. The molecular weight excluding hydrogens is 336 g/mol. The standard InChI is InChI=1S/C15H20N2O6S/c1-5-8-23-14(20)17-13-16-10(9-24-13)15(4,11(18)21-6-2)12(19)22-7-3/h5,9H,1,6-8H2,2-4H3,(H,16,17,20). The molecule has 1 N–H and O–H groups in total. The van der Waals surface area contributed by atoms with Crippen LogP contribution in [0.1, 0.15) is 26.5 Å². The second-order valence-electron chi connectivity index (χ2n) is 4.62. The Morgan fingerprint density at radius 1 is 1.25 bits per heavy atom. The second kappa shape index (κ2) is 9.02. The Kier molecular flexibility index (Phi) is 7.37. The SMILES string of the molecule is C=CCOC(=O)Nc1nc(C(C)(C(=O)OCC)C(=O)OCC)cs1. The summed E-state index contributed by atoms with van der Waals surface area (Å²) in [6.45, 7) is 8.33. The molecule has 1 aromatic rings. The van der Waals surface area contributed by atoms with Crippen LogP contribution in [0.5, 0.6) is 0 Å². The number of anilines is 1. The summed E-state index contributed by atoms with van der Waals surface area (Å²) < 4.78 is 14.7. The van der Waals surface area contributed by atoms with Gasteiger partial charge < -0.3 is 14.2 Å². The van der Waals surface area contributed by atoms with Gasteiger partial charge in [-0.15, -0.1) is 11.3 Å². The molecule has 0 aliphatic rings. The van der Waals surface area contributed by atoms with Crippen LogP contribution in [0.4, 0.5) is 9.93 Å². The van der Waals surface area contributed by atoms with E-state index >= 15 is 0 Å². The lowest BCUT2D eigenvalue weighted by Gasteiger charge is -2.23. The van der Waals surface area contributed by atoms with Crippen LogP contribution in [0.15, 0.2) is 18.0 Å². The number of carbonyl (C=O) groups excluding carboxylic acids is 3. The van der Waals surface area contributed by atoms with Gasteiger partial charge in [0.2, 0.25) is 5.41 Å². The smallest absolute Gasteiger partial charge is 0.413 e. The molecule has 1 rings (SSSR count). The molecule has 24 heavy (non-hydrogen) atoms. The molecule has 0 aromatic carbocycles. The second-order valence-corrected chi connectivity index (χ2v) is 5.47. The molecule has 8 nitrogen and oxygen atoms in total. The van der Waals surface area contributed by atoms with Gasteiger partial charge in [-0.1, -0.05) is 12.7 Å². The number of ether oxygens (including phenoxy) is 3. The van der Waals surface area contributed by atoms with E-state index in [2.05, 4.69) is 16.9 Å². The van der Waals surface area contributed by atoms with Crippen molar-refractivity contribution in [2.75, 3.05) is 25.1 Å². The largest absolute Gasteiger partial charge is 0.465 e. The minimum absolute atomic E-state index is 0.0490. The fourth-order valence-electron chi connectivity index (χ4n) is 1.66. The summed E-state index contributed by atoms with van der Waals surface area (Å²) in [5.41, 5.74) is -1.59. The number of hydrogen-bond donors (Lipinski definition) is 1. The predicted molar refractivity (Wildman–Crippen MR) is 87.9 cm³/mol. The molecule has 1 heterocycles. The maximum atomic E-state index is 12.3. The molecule has 0 fully saturated rings. The van der Waals surface area contributed by atoms with Crippen LogP contribution in [-0.2, 0) is 29.2 Å². The molecule has 0 atom stereocenters. The Hall–Kier alpha value is -2.42. The summed E-state index contributed by atoms with van der Waals surface area (Å²) in [6.07, 6.45) is 0.704. The Labute approximate surface area is 143 Å². The van der Waals surface area contributed by atoms with E-state index in [-0.39, 0.29) is 30.6 Å². The van der Waals surface area contributed by atoms with E-state index in [1.807, 2.05) is 0 Å². The first-order chi connectivity index (χ1) is 11.4. The molecular formula is C15H20N2O6S. The molecule has 0 aliphatic heterocycles. The van der Waals surface area contributed by atoms with Crippen molar-refractivity contribution in [2.45, 2.75) is 26.2 Å². The van der Waals surface area contributed by atoms with Crippen LogP contribution in [0.2, 0.25) is 0 Å². The summed E-state index contributed by atoms with van der Waals surface area (Å²) in [4.78, 5) is 40.2. The zero-order valence-electron chi connectivity index (χ0n) is 13.8. The van der Waals surface area contributed by atoms with Crippen molar-refractivity contribution >= 4 is 34.5 Å². The van der Waals surface area contributed by atoms with Gasteiger partial charge in [-0.2, -0.15) is 0 Å². The highest BCUT2D eigenvalue weighted by Gasteiger charge is 2.48. The van der Waals surface area contributed by atoms with Crippen LogP contribution < -0.4 is 5.32 Å². The number of aromatic nitrogens is 1. The first kappa shape index (κ1) is 19.6.